The third-order valence-electron chi connectivity index (χ3n) is 7.12. The van der Waals surface area contributed by atoms with Gasteiger partial charge in [-0.25, -0.2) is 4.39 Å². The molecule has 1 amide bonds. The molecule has 6 rings (SSSR count). The predicted octanol–water partition coefficient (Wildman–Crippen LogP) is 4.69. The van der Waals surface area contributed by atoms with E-state index in [2.05, 4.69) is 18.2 Å². The van der Waals surface area contributed by atoms with Gasteiger partial charge in [-0.1, -0.05) is 41.9 Å². The normalized spacial score (nSPS) is 21.0. The average Bonchev–Trinajstić information content (AvgIpc) is 3.32. The van der Waals surface area contributed by atoms with Crippen LogP contribution in [0.2, 0.25) is 5.02 Å². The zero-order valence-corrected chi connectivity index (χ0v) is 18.4. The molecule has 4 heterocycles. The van der Waals surface area contributed by atoms with E-state index in [9.17, 15) is 9.18 Å². The second-order valence-corrected chi connectivity index (χ2v) is 9.64. The lowest BCUT2D eigenvalue weighted by molar-refractivity contribution is -0.136. The Morgan fingerprint density at radius 2 is 1.91 bits per heavy atom. The van der Waals surface area contributed by atoms with Gasteiger partial charge in [-0.2, -0.15) is 0 Å². The van der Waals surface area contributed by atoms with Gasteiger partial charge in [0.05, 0.1) is 43.0 Å². The topological polar surface area (TPSA) is 43.7 Å². The molecule has 32 heavy (non-hydrogen) atoms. The number of halogens is 2. The van der Waals surface area contributed by atoms with E-state index < -0.39 is 5.67 Å². The fourth-order valence-electron chi connectivity index (χ4n) is 5.33. The van der Waals surface area contributed by atoms with Gasteiger partial charge in [0.1, 0.15) is 0 Å². The van der Waals surface area contributed by atoms with Gasteiger partial charge in [-0.15, -0.1) is 0 Å². The number of carbonyl (C=O) groups excluding carboxylic acids is 1. The summed E-state index contributed by atoms with van der Waals surface area (Å²) in [4.78, 5) is 15.4. The maximum atomic E-state index is 14.8. The molecule has 0 aliphatic carbocycles. The highest BCUT2D eigenvalue weighted by atomic mass is 35.5. The zero-order valence-electron chi connectivity index (χ0n) is 17.7. The summed E-state index contributed by atoms with van der Waals surface area (Å²) in [6.07, 6.45) is 3.31. The Bertz CT molecular complexity index is 1210. The Morgan fingerprint density at radius 1 is 1.12 bits per heavy atom. The lowest BCUT2D eigenvalue weighted by Crippen LogP contribution is -2.48. The van der Waals surface area contributed by atoms with Gasteiger partial charge in [-0.05, 0) is 36.1 Å². The Morgan fingerprint density at radius 3 is 2.66 bits per heavy atom. The molecule has 0 bridgehead atoms. The second kappa shape index (κ2) is 7.30. The summed E-state index contributed by atoms with van der Waals surface area (Å²) in [6.45, 7) is 2.17. The number of likely N-dealkylation sites (tertiary alicyclic amines) is 1. The molecule has 3 aliphatic heterocycles. The number of benzene rings is 2. The van der Waals surface area contributed by atoms with Crippen LogP contribution >= 0.6 is 11.6 Å². The smallest absolute Gasteiger partial charge is 0.256 e. The highest BCUT2D eigenvalue weighted by molar-refractivity contribution is 6.31. The molecule has 0 N–H and O–H groups in total. The monoisotopic (exact) mass is 454 g/mol. The number of aromatic nitrogens is 1. The van der Waals surface area contributed by atoms with E-state index in [0.29, 0.717) is 30.3 Å². The molecule has 3 aromatic rings. The molecule has 0 atom stereocenters. The summed E-state index contributed by atoms with van der Waals surface area (Å²) in [5.41, 5.74) is 2.16. The third kappa shape index (κ3) is 3.16. The number of ether oxygens (including phenoxy) is 2. The summed E-state index contributed by atoms with van der Waals surface area (Å²) in [6, 6.07) is 13.8. The van der Waals surface area contributed by atoms with E-state index in [1.54, 1.807) is 22.9 Å². The Kier molecular flexibility index (Phi) is 4.61. The average molecular weight is 455 g/mol. The number of rotatable bonds is 3. The van der Waals surface area contributed by atoms with E-state index in [-0.39, 0.29) is 31.3 Å². The summed E-state index contributed by atoms with van der Waals surface area (Å²) in [5.74, 6) is -0.0324. The first-order chi connectivity index (χ1) is 15.5. The van der Waals surface area contributed by atoms with Gasteiger partial charge in [0.15, 0.2) is 5.67 Å². The number of alkyl halides is 1. The largest absolute Gasteiger partial charge is 0.374 e. The van der Waals surface area contributed by atoms with E-state index in [0.717, 1.165) is 23.7 Å². The quantitative estimate of drug-likeness (QED) is 0.576. The van der Waals surface area contributed by atoms with E-state index in [1.807, 2.05) is 17.0 Å². The second-order valence-electron chi connectivity index (χ2n) is 9.21. The van der Waals surface area contributed by atoms with E-state index in [1.165, 1.54) is 11.1 Å². The van der Waals surface area contributed by atoms with Crippen LogP contribution in [0.3, 0.4) is 0 Å². The van der Waals surface area contributed by atoms with Crippen LogP contribution in [0.5, 0.6) is 0 Å². The predicted molar refractivity (Wildman–Crippen MR) is 120 cm³/mol. The fourth-order valence-corrected chi connectivity index (χ4v) is 5.49. The van der Waals surface area contributed by atoms with Crippen molar-refractivity contribution in [2.24, 2.45) is 0 Å². The summed E-state index contributed by atoms with van der Waals surface area (Å²) in [5, 5.41) is 1.36. The van der Waals surface area contributed by atoms with Crippen molar-refractivity contribution in [3.8, 4) is 0 Å². The lowest BCUT2D eigenvalue weighted by Gasteiger charge is -2.39. The van der Waals surface area contributed by atoms with Crippen molar-refractivity contribution < 1.29 is 18.7 Å². The molecule has 2 saturated heterocycles. The van der Waals surface area contributed by atoms with Crippen LogP contribution in [-0.4, -0.2) is 47.3 Å². The number of nitrogens with zero attached hydrogens (tertiary/aromatic N) is 2. The maximum Gasteiger partial charge on any atom is 0.256 e. The molecule has 1 spiro atoms. The number of amides is 1. The molecule has 1 aromatic heterocycles. The van der Waals surface area contributed by atoms with Crippen molar-refractivity contribution in [1.29, 1.82) is 0 Å². The minimum Gasteiger partial charge on any atom is -0.374 e. The van der Waals surface area contributed by atoms with Crippen molar-refractivity contribution >= 4 is 28.4 Å². The van der Waals surface area contributed by atoms with Crippen LogP contribution < -0.4 is 0 Å². The van der Waals surface area contributed by atoms with Crippen LogP contribution in [-0.2, 0) is 28.2 Å². The first-order valence-electron chi connectivity index (χ1n) is 11.0. The summed E-state index contributed by atoms with van der Waals surface area (Å²) >= 11 is 6.22. The molecule has 2 aromatic carbocycles. The summed E-state index contributed by atoms with van der Waals surface area (Å²) < 4.78 is 27.9. The number of piperidine rings is 1. The van der Waals surface area contributed by atoms with Gasteiger partial charge in [0, 0.05) is 29.7 Å². The molecule has 7 heteroatoms. The van der Waals surface area contributed by atoms with Crippen LogP contribution in [0.4, 0.5) is 4.39 Å². The summed E-state index contributed by atoms with van der Waals surface area (Å²) in [7, 11) is 0. The molecule has 0 saturated carbocycles. The van der Waals surface area contributed by atoms with Gasteiger partial charge < -0.3 is 18.9 Å². The van der Waals surface area contributed by atoms with Gasteiger partial charge in [0.2, 0.25) is 0 Å². The Labute approximate surface area is 190 Å². The number of fused-ring (bicyclic) bond motifs is 3. The first-order valence-corrected chi connectivity index (χ1v) is 11.4. The maximum absolute atomic E-state index is 14.8. The van der Waals surface area contributed by atoms with Gasteiger partial charge in [0.25, 0.3) is 5.91 Å². The fraction of sp³-hybridized carbons (Fsp3) is 0.400. The third-order valence-corrected chi connectivity index (χ3v) is 7.36. The van der Waals surface area contributed by atoms with E-state index in [4.69, 9.17) is 21.1 Å². The molecule has 5 nitrogen and oxygen atoms in total. The molecule has 2 fully saturated rings. The minimum absolute atomic E-state index is 0.0324. The molecule has 3 aliphatic rings. The standard InChI is InChI=1S/C25H24ClFN2O3/c26-18-5-6-19-20(12-29(22(19)11-18)14-24(27)15-31-16-24)23(30)28-9-7-25(8-10-28)21-4-2-1-3-17(21)13-32-25/h1-6,11-12H,7-10,13-16H2. The number of carbonyl (C=O) groups is 1. The van der Waals surface area contributed by atoms with Crippen molar-refractivity contribution in [2.75, 3.05) is 26.3 Å². The van der Waals surface area contributed by atoms with E-state index >= 15 is 0 Å². The zero-order chi connectivity index (χ0) is 21.9. The van der Waals surface area contributed by atoms with Crippen molar-refractivity contribution in [3.63, 3.8) is 0 Å². The molecule has 0 radical (unpaired) electrons. The molecule has 166 valence electrons. The lowest BCUT2D eigenvalue weighted by atomic mass is 9.83. The van der Waals surface area contributed by atoms with Crippen LogP contribution in [0.25, 0.3) is 10.9 Å². The van der Waals surface area contributed by atoms with Gasteiger partial charge >= 0.3 is 0 Å². The SMILES string of the molecule is O=C(c1cn(CC2(F)COC2)c2cc(Cl)ccc12)N1CCC2(CC1)OCc1ccccc12. The van der Waals surface area contributed by atoms with Crippen molar-refractivity contribution in [3.05, 3.63) is 70.4 Å². The minimum atomic E-state index is -1.40. The molecular formula is C25H24ClFN2O3. The van der Waals surface area contributed by atoms with Crippen molar-refractivity contribution in [1.82, 2.24) is 9.47 Å². The Hall–Kier alpha value is -2.41. The van der Waals surface area contributed by atoms with Crippen LogP contribution in [0.1, 0.15) is 34.3 Å². The van der Waals surface area contributed by atoms with Crippen LogP contribution in [0.15, 0.2) is 48.7 Å². The van der Waals surface area contributed by atoms with Crippen LogP contribution in [0, 0.1) is 0 Å². The number of hydrogen-bond acceptors (Lipinski definition) is 3. The Balaban J connectivity index is 1.27. The van der Waals surface area contributed by atoms with Crippen molar-refractivity contribution in [2.45, 2.75) is 37.3 Å². The van der Waals surface area contributed by atoms with Gasteiger partial charge in [-0.3, -0.25) is 4.79 Å². The number of hydrogen-bond donors (Lipinski definition) is 0. The molecular weight excluding hydrogens is 431 g/mol. The molecule has 0 unspecified atom stereocenters. The highest BCUT2D eigenvalue weighted by Gasteiger charge is 2.44. The first kappa shape index (κ1) is 20.2. The highest BCUT2D eigenvalue weighted by Crippen LogP contribution is 2.44.